The summed E-state index contributed by atoms with van der Waals surface area (Å²) in [5.74, 6) is 0.280. The monoisotopic (exact) mass is 334 g/mol. The molecular weight excluding hydrogens is 320 g/mol. The predicted molar refractivity (Wildman–Crippen MR) is 90.7 cm³/mol. The molecule has 6 nitrogen and oxygen atoms in total. The first-order valence-electron chi connectivity index (χ1n) is 7.42. The predicted octanol–water partition coefficient (Wildman–Crippen LogP) is 3.19. The Morgan fingerprint density at radius 2 is 1.60 bits per heavy atom. The van der Waals surface area contributed by atoms with Gasteiger partial charge < -0.3 is 15.2 Å². The van der Waals surface area contributed by atoms with Crippen LogP contribution in [0.4, 0.5) is 0 Å². The highest BCUT2D eigenvalue weighted by Crippen LogP contribution is 2.21. The van der Waals surface area contributed by atoms with Gasteiger partial charge in [0.25, 0.3) is 0 Å². The van der Waals surface area contributed by atoms with Gasteiger partial charge in [0.2, 0.25) is 5.91 Å². The second-order valence-corrected chi connectivity index (χ2v) is 5.10. The van der Waals surface area contributed by atoms with Gasteiger partial charge in [0.05, 0.1) is 11.8 Å². The van der Waals surface area contributed by atoms with Crippen LogP contribution in [0.15, 0.2) is 73.1 Å². The average Bonchev–Trinajstić information content (AvgIpc) is 2.63. The van der Waals surface area contributed by atoms with Gasteiger partial charge in [0, 0.05) is 11.8 Å². The minimum atomic E-state index is -0.588. The van der Waals surface area contributed by atoms with E-state index in [0.29, 0.717) is 17.1 Å². The van der Waals surface area contributed by atoms with E-state index >= 15 is 0 Å². The van der Waals surface area contributed by atoms with Gasteiger partial charge in [-0.3, -0.25) is 9.78 Å². The van der Waals surface area contributed by atoms with Crippen LogP contribution in [0.3, 0.4) is 0 Å². The van der Waals surface area contributed by atoms with Crippen molar-refractivity contribution in [3.63, 3.8) is 0 Å². The molecule has 124 valence electrons. The van der Waals surface area contributed by atoms with Gasteiger partial charge in [-0.25, -0.2) is 4.79 Å². The average molecular weight is 334 g/mol. The Labute approximate surface area is 143 Å². The maximum absolute atomic E-state index is 12.2. The summed E-state index contributed by atoms with van der Waals surface area (Å²) in [5.41, 5.74) is 5.83. The number of nitrogens with two attached hydrogens (primary N) is 1. The summed E-state index contributed by atoms with van der Waals surface area (Å²) in [7, 11) is 0. The highest BCUT2D eigenvalue weighted by molar-refractivity contribution is 5.94. The maximum Gasteiger partial charge on any atom is 0.343 e. The number of carbonyl (C=O) groups excluding carboxylic acids is 2. The topological polar surface area (TPSA) is 91.5 Å². The molecular formula is C19H14N2O4. The third-order valence-corrected chi connectivity index (χ3v) is 3.29. The van der Waals surface area contributed by atoms with Crippen LogP contribution in [0.1, 0.15) is 20.7 Å². The Balaban J connectivity index is 1.68. The number of pyridine rings is 1. The smallest absolute Gasteiger partial charge is 0.343 e. The van der Waals surface area contributed by atoms with Gasteiger partial charge in [-0.2, -0.15) is 0 Å². The van der Waals surface area contributed by atoms with Gasteiger partial charge >= 0.3 is 5.97 Å². The molecule has 0 aliphatic carbocycles. The van der Waals surface area contributed by atoms with Gasteiger partial charge in [-0.15, -0.1) is 0 Å². The maximum atomic E-state index is 12.2. The molecule has 0 spiro atoms. The summed E-state index contributed by atoms with van der Waals surface area (Å²) in [6.45, 7) is 0. The van der Waals surface area contributed by atoms with Crippen molar-refractivity contribution in [2.45, 2.75) is 0 Å². The highest BCUT2D eigenvalue weighted by atomic mass is 16.5. The molecule has 6 heteroatoms. The number of hydrogen-bond donors (Lipinski definition) is 1. The molecule has 3 aromatic rings. The molecule has 0 bridgehead atoms. The zero-order valence-corrected chi connectivity index (χ0v) is 13.1. The molecule has 0 aliphatic heterocycles. The van der Waals surface area contributed by atoms with E-state index < -0.39 is 11.9 Å². The fraction of sp³-hybridized carbons (Fsp3) is 0. The number of aromatic nitrogens is 1. The standard InChI is InChI=1S/C19H14N2O4/c20-18(22)14-3-1-4-16(11-14)25-19(23)13-6-8-15(9-7-13)24-17-5-2-10-21-12-17/h1-12H,(H2,20,22). The van der Waals surface area contributed by atoms with Gasteiger partial charge in [-0.1, -0.05) is 6.07 Å². The highest BCUT2D eigenvalue weighted by Gasteiger charge is 2.10. The van der Waals surface area contributed by atoms with Gasteiger partial charge in [0.15, 0.2) is 0 Å². The van der Waals surface area contributed by atoms with E-state index in [9.17, 15) is 9.59 Å². The fourth-order valence-corrected chi connectivity index (χ4v) is 2.08. The van der Waals surface area contributed by atoms with Crippen molar-refractivity contribution in [3.05, 3.63) is 84.2 Å². The van der Waals surface area contributed by atoms with E-state index in [2.05, 4.69) is 4.98 Å². The van der Waals surface area contributed by atoms with Crippen LogP contribution in [0.5, 0.6) is 17.2 Å². The summed E-state index contributed by atoms with van der Waals surface area (Å²) < 4.78 is 10.9. The zero-order chi connectivity index (χ0) is 17.6. The minimum Gasteiger partial charge on any atom is -0.456 e. The van der Waals surface area contributed by atoms with E-state index in [0.717, 1.165) is 0 Å². The van der Waals surface area contributed by atoms with Crippen LogP contribution in [-0.4, -0.2) is 16.9 Å². The Bertz CT molecular complexity index is 893. The number of rotatable bonds is 5. The minimum absolute atomic E-state index is 0.247. The van der Waals surface area contributed by atoms with Crippen LogP contribution in [0.25, 0.3) is 0 Å². The number of hydrogen-bond acceptors (Lipinski definition) is 5. The van der Waals surface area contributed by atoms with E-state index in [1.165, 1.54) is 6.07 Å². The van der Waals surface area contributed by atoms with Crippen LogP contribution in [-0.2, 0) is 0 Å². The number of carbonyl (C=O) groups is 2. The number of nitrogens with zero attached hydrogens (tertiary/aromatic N) is 1. The largest absolute Gasteiger partial charge is 0.456 e. The number of esters is 1. The molecule has 0 fully saturated rings. The quantitative estimate of drug-likeness (QED) is 0.571. The van der Waals surface area contributed by atoms with Crippen LogP contribution < -0.4 is 15.2 Å². The number of amides is 1. The molecule has 0 saturated heterocycles. The van der Waals surface area contributed by atoms with Crippen molar-refractivity contribution in [2.24, 2.45) is 5.73 Å². The molecule has 0 saturated carbocycles. The third-order valence-electron chi connectivity index (χ3n) is 3.29. The summed E-state index contributed by atoms with van der Waals surface area (Å²) in [6.07, 6.45) is 3.24. The van der Waals surface area contributed by atoms with Crippen molar-refractivity contribution >= 4 is 11.9 Å². The molecule has 0 atom stereocenters. The summed E-state index contributed by atoms with van der Waals surface area (Å²) in [4.78, 5) is 27.3. The molecule has 0 radical (unpaired) electrons. The number of ether oxygens (including phenoxy) is 2. The molecule has 0 unspecified atom stereocenters. The summed E-state index contributed by atoms with van der Waals surface area (Å²) in [5, 5.41) is 0. The molecule has 1 amide bonds. The Morgan fingerprint density at radius 1 is 0.840 bits per heavy atom. The Morgan fingerprint density at radius 3 is 2.28 bits per heavy atom. The van der Waals surface area contributed by atoms with E-state index in [1.807, 2.05) is 0 Å². The molecule has 0 aliphatic rings. The van der Waals surface area contributed by atoms with Crippen molar-refractivity contribution in [2.75, 3.05) is 0 Å². The zero-order valence-electron chi connectivity index (χ0n) is 13.1. The first-order chi connectivity index (χ1) is 12.1. The second-order valence-electron chi connectivity index (χ2n) is 5.10. The molecule has 25 heavy (non-hydrogen) atoms. The lowest BCUT2D eigenvalue weighted by molar-refractivity contribution is 0.0733. The SMILES string of the molecule is NC(=O)c1cccc(OC(=O)c2ccc(Oc3cccnc3)cc2)c1. The fourth-order valence-electron chi connectivity index (χ4n) is 2.08. The van der Waals surface area contributed by atoms with E-state index in [4.69, 9.17) is 15.2 Å². The van der Waals surface area contributed by atoms with Crippen LogP contribution >= 0.6 is 0 Å². The van der Waals surface area contributed by atoms with Crippen LogP contribution in [0, 0.1) is 0 Å². The first kappa shape index (κ1) is 16.2. The normalized spacial score (nSPS) is 10.1. The van der Waals surface area contributed by atoms with Crippen molar-refractivity contribution in [3.8, 4) is 17.2 Å². The van der Waals surface area contributed by atoms with E-state index in [1.54, 1.807) is 67.0 Å². The van der Waals surface area contributed by atoms with Crippen molar-refractivity contribution < 1.29 is 19.1 Å². The van der Waals surface area contributed by atoms with Gasteiger partial charge in [0.1, 0.15) is 17.2 Å². The summed E-state index contributed by atoms with van der Waals surface area (Å²) >= 11 is 0. The number of benzene rings is 2. The molecule has 2 aromatic carbocycles. The molecule has 1 heterocycles. The lowest BCUT2D eigenvalue weighted by Gasteiger charge is -2.07. The Hall–Kier alpha value is -3.67. The Kier molecular flexibility index (Phi) is 4.71. The second kappa shape index (κ2) is 7.27. The lowest BCUT2D eigenvalue weighted by Crippen LogP contribution is -2.12. The molecule has 2 N–H and O–H groups in total. The molecule has 3 rings (SSSR count). The van der Waals surface area contributed by atoms with Crippen molar-refractivity contribution in [1.29, 1.82) is 0 Å². The van der Waals surface area contributed by atoms with Gasteiger partial charge in [-0.05, 0) is 54.6 Å². The number of primary amides is 1. The van der Waals surface area contributed by atoms with E-state index in [-0.39, 0.29) is 11.3 Å². The van der Waals surface area contributed by atoms with Crippen molar-refractivity contribution in [1.82, 2.24) is 4.98 Å². The molecule has 1 aromatic heterocycles. The first-order valence-corrected chi connectivity index (χ1v) is 7.42. The third kappa shape index (κ3) is 4.20. The lowest BCUT2D eigenvalue weighted by atomic mass is 10.2. The van der Waals surface area contributed by atoms with Crippen LogP contribution in [0.2, 0.25) is 0 Å². The summed E-state index contributed by atoms with van der Waals surface area (Å²) in [6, 6.07) is 16.2.